The van der Waals surface area contributed by atoms with E-state index in [9.17, 15) is 4.79 Å². The van der Waals surface area contributed by atoms with E-state index in [1.54, 1.807) is 25.4 Å². The summed E-state index contributed by atoms with van der Waals surface area (Å²) in [7, 11) is 1.61. The van der Waals surface area contributed by atoms with E-state index in [0.29, 0.717) is 43.3 Å². The molecule has 8 heteroatoms. The summed E-state index contributed by atoms with van der Waals surface area (Å²) in [5.41, 5.74) is 2.55. The molecule has 0 aliphatic rings. The molecule has 0 radical (unpaired) electrons. The van der Waals surface area contributed by atoms with Gasteiger partial charge in [0, 0.05) is 32.1 Å². The molecule has 3 heterocycles. The van der Waals surface area contributed by atoms with Crippen LogP contribution in [0.4, 0.5) is 0 Å². The normalized spacial score (nSPS) is 10.8. The highest BCUT2D eigenvalue weighted by molar-refractivity contribution is 5.96. The van der Waals surface area contributed by atoms with Crippen LogP contribution in [0.15, 0.2) is 35.1 Å². The van der Waals surface area contributed by atoms with Gasteiger partial charge in [0.1, 0.15) is 6.61 Å². The fourth-order valence-electron chi connectivity index (χ4n) is 2.37. The first kappa shape index (κ1) is 17.8. The van der Waals surface area contributed by atoms with Crippen molar-refractivity contribution in [1.82, 2.24) is 20.4 Å². The first-order valence-electron chi connectivity index (χ1n) is 8.30. The van der Waals surface area contributed by atoms with E-state index < -0.39 is 0 Å². The summed E-state index contributed by atoms with van der Waals surface area (Å²) >= 11 is 0. The van der Waals surface area contributed by atoms with Crippen molar-refractivity contribution in [3.63, 3.8) is 0 Å². The number of carbonyl (C=O) groups is 1. The third kappa shape index (κ3) is 4.15. The van der Waals surface area contributed by atoms with Crippen LogP contribution in [0.5, 0.6) is 5.88 Å². The molecule has 0 aliphatic carbocycles. The Labute approximate surface area is 150 Å². The lowest BCUT2D eigenvalue weighted by molar-refractivity contribution is 0.0950. The lowest BCUT2D eigenvalue weighted by Gasteiger charge is -2.07. The number of hydrogen-bond acceptors (Lipinski definition) is 7. The average Bonchev–Trinajstić information content (AvgIpc) is 3.09. The van der Waals surface area contributed by atoms with Gasteiger partial charge in [0.25, 0.3) is 11.6 Å². The molecule has 3 aromatic rings. The summed E-state index contributed by atoms with van der Waals surface area (Å²) in [6.45, 7) is 3.27. The minimum Gasteiger partial charge on any atom is -0.475 e. The maximum absolute atomic E-state index is 12.4. The van der Waals surface area contributed by atoms with Crippen LogP contribution in [0.1, 0.15) is 28.5 Å². The standard InChI is InChI=1S/C18H20N4O4/c1-3-15-14-8-13(11-21-18(14)26-22-15)17(23)20-10-12-4-5-16(19-9-12)25-7-6-24-2/h4-5,8-9,11H,3,6-7,10H2,1-2H3,(H,20,23). The lowest BCUT2D eigenvalue weighted by atomic mass is 10.1. The number of rotatable bonds is 8. The Balaban J connectivity index is 1.60. The molecule has 26 heavy (non-hydrogen) atoms. The zero-order chi connectivity index (χ0) is 18.4. The van der Waals surface area contributed by atoms with E-state index in [1.165, 1.54) is 6.20 Å². The van der Waals surface area contributed by atoms with E-state index in [0.717, 1.165) is 16.6 Å². The van der Waals surface area contributed by atoms with E-state index in [1.807, 2.05) is 13.0 Å². The maximum Gasteiger partial charge on any atom is 0.257 e. The number of ether oxygens (including phenoxy) is 2. The highest BCUT2D eigenvalue weighted by atomic mass is 16.5. The van der Waals surface area contributed by atoms with E-state index in [2.05, 4.69) is 20.4 Å². The second-order valence-corrected chi connectivity index (χ2v) is 5.59. The van der Waals surface area contributed by atoms with E-state index in [4.69, 9.17) is 14.0 Å². The molecule has 0 unspecified atom stereocenters. The zero-order valence-corrected chi connectivity index (χ0v) is 14.7. The average molecular weight is 356 g/mol. The molecule has 0 saturated heterocycles. The topological polar surface area (TPSA) is 99.4 Å². The molecule has 3 rings (SSSR count). The fourth-order valence-corrected chi connectivity index (χ4v) is 2.37. The van der Waals surface area contributed by atoms with E-state index in [-0.39, 0.29) is 5.91 Å². The molecule has 0 spiro atoms. The quantitative estimate of drug-likeness (QED) is 0.617. The van der Waals surface area contributed by atoms with Gasteiger partial charge in [0.2, 0.25) is 5.88 Å². The Hall–Kier alpha value is -3.00. The monoisotopic (exact) mass is 356 g/mol. The smallest absolute Gasteiger partial charge is 0.257 e. The minimum absolute atomic E-state index is 0.219. The fraction of sp³-hybridized carbons (Fsp3) is 0.333. The van der Waals surface area contributed by atoms with Crippen LogP contribution in [0, 0.1) is 0 Å². The minimum atomic E-state index is -0.219. The van der Waals surface area contributed by atoms with Crippen molar-refractivity contribution in [3.05, 3.63) is 47.4 Å². The second-order valence-electron chi connectivity index (χ2n) is 5.59. The van der Waals surface area contributed by atoms with Gasteiger partial charge in [0.15, 0.2) is 0 Å². The van der Waals surface area contributed by atoms with Crippen LogP contribution in [0.25, 0.3) is 11.1 Å². The lowest BCUT2D eigenvalue weighted by Crippen LogP contribution is -2.23. The predicted octanol–water partition coefficient (Wildman–Crippen LogP) is 2.14. The van der Waals surface area contributed by atoms with Gasteiger partial charge >= 0.3 is 0 Å². The molecule has 136 valence electrons. The molecule has 0 bridgehead atoms. The number of aromatic nitrogens is 3. The third-order valence-corrected chi connectivity index (χ3v) is 3.79. The summed E-state index contributed by atoms with van der Waals surface area (Å²) in [5.74, 6) is 0.300. The predicted molar refractivity (Wildman–Crippen MR) is 94.0 cm³/mol. The van der Waals surface area contributed by atoms with Crippen LogP contribution < -0.4 is 10.1 Å². The molecular formula is C18H20N4O4. The highest BCUT2D eigenvalue weighted by Crippen LogP contribution is 2.18. The van der Waals surface area contributed by atoms with Crippen LogP contribution >= 0.6 is 0 Å². The SMILES string of the molecule is CCc1noc2ncc(C(=O)NCc3ccc(OCCOC)nc3)cc12. The van der Waals surface area contributed by atoms with Gasteiger partial charge in [-0.3, -0.25) is 4.79 Å². The first-order valence-corrected chi connectivity index (χ1v) is 8.30. The molecular weight excluding hydrogens is 336 g/mol. The first-order chi connectivity index (χ1) is 12.7. The Morgan fingerprint density at radius 1 is 1.23 bits per heavy atom. The van der Waals surface area contributed by atoms with Gasteiger partial charge in [-0.25, -0.2) is 9.97 Å². The summed E-state index contributed by atoms with van der Waals surface area (Å²) in [5, 5.41) is 7.56. The molecule has 1 N–H and O–H groups in total. The van der Waals surface area contributed by atoms with Gasteiger partial charge in [-0.15, -0.1) is 0 Å². The summed E-state index contributed by atoms with van der Waals surface area (Å²) in [4.78, 5) is 20.7. The Morgan fingerprint density at radius 2 is 2.12 bits per heavy atom. The number of nitrogens with zero attached hydrogens (tertiary/aromatic N) is 3. The number of nitrogens with one attached hydrogen (secondary N) is 1. The highest BCUT2D eigenvalue weighted by Gasteiger charge is 2.12. The van der Waals surface area contributed by atoms with Crippen molar-refractivity contribution in [2.24, 2.45) is 0 Å². The van der Waals surface area contributed by atoms with Gasteiger partial charge in [-0.05, 0) is 18.1 Å². The van der Waals surface area contributed by atoms with Crippen molar-refractivity contribution in [2.45, 2.75) is 19.9 Å². The third-order valence-electron chi connectivity index (χ3n) is 3.79. The van der Waals surface area contributed by atoms with Gasteiger partial charge in [-0.2, -0.15) is 0 Å². The van der Waals surface area contributed by atoms with Gasteiger partial charge < -0.3 is 19.3 Å². The van der Waals surface area contributed by atoms with Crippen molar-refractivity contribution in [3.8, 4) is 5.88 Å². The summed E-state index contributed by atoms with van der Waals surface area (Å²) < 4.78 is 15.4. The van der Waals surface area contributed by atoms with Gasteiger partial charge in [0.05, 0.1) is 23.3 Å². The molecule has 0 fully saturated rings. The van der Waals surface area contributed by atoms with E-state index >= 15 is 0 Å². The number of carbonyl (C=O) groups excluding carboxylic acids is 1. The second kappa shape index (κ2) is 8.39. The van der Waals surface area contributed by atoms with Crippen molar-refractivity contribution >= 4 is 17.0 Å². The van der Waals surface area contributed by atoms with Crippen LogP contribution in [0.3, 0.4) is 0 Å². The van der Waals surface area contributed by atoms with Crippen LogP contribution in [0.2, 0.25) is 0 Å². The van der Waals surface area contributed by atoms with Crippen LogP contribution in [-0.4, -0.2) is 41.4 Å². The summed E-state index contributed by atoms with van der Waals surface area (Å²) in [6.07, 6.45) is 3.86. The summed E-state index contributed by atoms with van der Waals surface area (Å²) in [6, 6.07) is 5.36. The Bertz CT molecular complexity index is 877. The molecule has 0 atom stereocenters. The maximum atomic E-state index is 12.4. The van der Waals surface area contributed by atoms with Crippen LogP contribution in [-0.2, 0) is 17.7 Å². The number of aryl methyl sites for hydroxylation is 1. The number of hydrogen-bond donors (Lipinski definition) is 1. The molecule has 1 amide bonds. The molecule has 8 nitrogen and oxygen atoms in total. The van der Waals surface area contributed by atoms with Crippen molar-refractivity contribution in [2.75, 3.05) is 20.3 Å². The molecule has 0 saturated carbocycles. The Morgan fingerprint density at radius 3 is 2.85 bits per heavy atom. The zero-order valence-electron chi connectivity index (χ0n) is 14.7. The van der Waals surface area contributed by atoms with Gasteiger partial charge in [-0.1, -0.05) is 18.1 Å². The van der Waals surface area contributed by atoms with Crippen molar-refractivity contribution in [1.29, 1.82) is 0 Å². The molecule has 0 aromatic carbocycles. The number of fused-ring (bicyclic) bond motifs is 1. The number of amides is 1. The largest absolute Gasteiger partial charge is 0.475 e. The number of pyridine rings is 2. The van der Waals surface area contributed by atoms with Crippen molar-refractivity contribution < 1.29 is 18.8 Å². The number of methoxy groups -OCH3 is 1. The molecule has 0 aliphatic heterocycles. The molecule has 3 aromatic heterocycles. The Kier molecular flexibility index (Phi) is 5.75.